The maximum absolute atomic E-state index is 12.9. The van der Waals surface area contributed by atoms with Crippen LogP contribution in [0.3, 0.4) is 0 Å². The molecule has 0 aromatic heterocycles. The molecule has 2 aromatic rings. The highest BCUT2D eigenvalue weighted by Gasteiger charge is 2.16. The van der Waals surface area contributed by atoms with Crippen LogP contribution >= 0.6 is 0 Å². The molecule has 3 rings (SSSR count). The molecule has 0 aliphatic carbocycles. The lowest BCUT2D eigenvalue weighted by Crippen LogP contribution is -2.18. The quantitative estimate of drug-likeness (QED) is 0.492. The summed E-state index contributed by atoms with van der Waals surface area (Å²) in [6.07, 6.45) is 2.83. The van der Waals surface area contributed by atoms with Gasteiger partial charge in [-0.3, -0.25) is 4.79 Å². The van der Waals surface area contributed by atoms with Crippen LogP contribution in [0.1, 0.15) is 24.2 Å². The van der Waals surface area contributed by atoms with E-state index in [1.165, 1.54) is 44.1 Å². The zero-order chi connectivity index (χ0) is 17.4. The lowest BCUT2D eigenvalue weighted by Gasteiger charge is -2.11. The fraction of sp³-hybridized carbons (Fsp3) is 0.316. The van der Waals surface area contributed by atoms with Crippen LogP contribution in [0.15, 0.2) is 54.6 Å². The Labute approximate surface area is 143 Å². The Morgan fingerprint density at radius 3 is 2.33 bits per heavy atom. The molecular formula is C19H21BFNO2. The van der Waals surface area contributed by atoms with Crippen molar-refractivity contribution in [3.05, 3.63) is 66.0 Å². The molecule has 0 unspecified atom stereocenters. The van der Waals surface area contributed by atoms with E-state index >= 15 is 0 Å². The number of nitrogens with zero attached hydrogens (tertiary/aromatic N) is 1. The predicted molar refractivity (Wildman–Crippen MR) is 93.7 cm³/mol. The first-order valence-electron chi connectivity index (χ1n) is 8.02. The number of rotatable bonds is 3. The monoisotopic (exact) mass is 325 g/mol. The summed E-state index contributed by atoms with van der Waals surface area (Å²) in [5.74, 6) is -1.82. The molecule has 1 saturated heterocycles. The highest BCUT2D eigenvalue weighted by atomic mass is 19.1. The fourth-order valence-corrected chi connectivity index (χ4v) is 2.38. The van der Waals surface area contributed by atoms with Gasteiger partial charge in [0.1, 0.15) is 11.6 Å². The summed E-state index contributed by atoms with van der Waals surface area (Å²) in [6.45, 7) is 2.64. The third kappa shape index (κ3) is 5.82. The van der Waals surface area contributed by atoms with Gasteiger partial charge in [0.15, 0.2) is 0 Å². The van der Waals surface area contributed by atoms with E-state index < -0.39 is 17.6 Å². The summed E-state index contributed by atoms with van der Waals surface area (Å²) in [6, 6.07) is 14.2. The van der Waals surface area contributed by atoms with Crippen LogP contribution in [0.2, 0.25) is 0 Å². The van der Waals surface area contributed by atoms with E-state index in [0.29, 0.717) is 5.56 Å². The fourth-order valence-electron chi connectivity index (χ4n) is 2.38. The van der Waals surface area contributed by atoms with Gasteiger partial charge in [0.25, 0.3) is 0 Å². The third-order valence-corrected chi connectivity index (χ3v) is 3.76. The SMILES string of the molecule is CN1CCCC1.[B][C@@H](C(=O)Oc1cccc(F)c1)c1ccccc1. The van der Waals surface area contributed by atoms with Crippen LogP contribution in [-0.2, 0) is 4.79 Å². The number of likely N-dealkylation sites (tertiary alicyclic amines) is 1. The van der Waals surface area contributed by atoms with Gasteiger partial charge in [-0.2, -0.15) is 0 Å². The molecule has 1 aliphatic heterocycles. The normalized spacial score (nSPS) is 15.2. The summed E-state index contributed by atoms with van der Waals surface area (Å²) in [5, 5.41) is 0. The van der Waals surface area contributed by atoms with Crippen molar-refractivity contribution in [3.63, 3.8) is 0 Å². The molecule has 0 spiro atoms. The molecular weight excluding hydrogens is 304 g/mol. The first-order valence-corrected chi connectivity index (χ1v) is 8.02. The molecule has 2 radical (unpaired) electrons. The van der Waals surface area contributed by atoms with Gasteiger partial charge in [-0.15, -0.1) is 0 Å². The zero-order valence-corrected chi connectivity index (χ0v) is 13.8. The number of hydrogen-bond donors (Lipinski definition) is 0. The molecule has 1 atom stereocenters. The number of esters is 1. The van der Waals surface area contributed by atoms with Crippen LogP contribution in [0.5, 0.6) is 5.75 Å². The smallest absolute Gasteiger partial charge is 0.309 e. The summed E-state index contributed by atoms with van der Waals surface area (Å²) >= 11 is 0. The summed E-state index contributed by atoms with van der Waals surface area (Å²) < 4.78 is 17.9. The minimum absolute atomic E-state index is 0.145. The summed E-state index contributed by atoms with van der Waals surface area (Å²) in [5.41, 5.74) is 0.652. The third-order valence-electron chi connectivity index (χ3n) is 3.76. The van der Waals surface area contributed by atoms with Crippen LogP contribution in [0.25, 0.3) is 0 Å². The number of ether oxygens (including phenoxy) is 1. The second kappa shape index (κ2) is 9.23. The number of hydrogen-bond acceptors (Lipinski definition) is 3. The Morgan fingerprint density at radius 1 is 1.12 bits per heavy atom. The van der Waals surface area contributed by atoms with Gasteiger partial charge >= 0.3 is 5.97 Å². The average Bonchev–Trinajstić information content (AvgIpc) is 3.06. The van der Waals surface area contributed by atoms with E-state index in [1.54, 1.807) is 24.3 Å². The molecule has 1 aliphatic rings. The maximum atomic E-state index is 12.9. The zero-order valence-electron chi connectivity index (χ0n) is 13.8. The van der Waals surface area contributed by atoms with Crippen LogP contribution in [0.4, 0.5) is 4.39 Å². The number of carbonyl (C=O) groups is 1. The Balaban J connectivity index is 0.000000292. The Bertz CT molecular complexity index is 645. The number of benzene rings is 2. The lowest BCUT2D eigenvalue weighted by atomic mass is 9.81. The predicted octanol–water partition coefficient (Wildman–Crippen LogP) is 3.35. The average molecular weight is 325 g/mol. The maximum Gasteiger partial charge on any atom is 0.309 e. The van der Waals surface area contributed by atoms with Crippen LogP contribution < -0.4 is 4.74 Å². The first kappa shape index (κ1) is 18.2. The van der Waals surface area contributed by atoms with Crippen molar-refractivity contribution < 1.29 is 13.9 Å². The van der Waals surface area contributed by atoms with Crippen molar-refractivity contribution >= 4 is 13.8 Å². The minimum Gasteiger partial charge on any atom is -0.427 e. The van der Waals surface area contributed by atoms with Crippen molar-refractivity contribution in [2.45, 2.75) is 18.7 Å². The molecule has 0 bridgehead atoms. The largest absolute Gasteiger partial charge is 0.427 e. The highest BCUT2D eigenvalue weighted by molar-refractivity contribution is 6.23. The van der Waals surface area contributed by atoms with Gasteiger partial charge in [-0.25, -0.2) is 4.39 Å². The first-order chi connectivity index (χ1) is 11.6. The summed E-state index contributed by atoms with van der Waals surface area (Å²) in [4.78, 5) is 14.1. The van der Waals surface area contributed by atoms with Crippen molar-refractivity contribution in [2.24, 2.45) is 0 Å². The van der Waals surface area contributed by atoms with E-state index in [2.05, 4.69) is 11.9 Å². The van der Waals surface area contributed by atoms with E-state index in [9.17, 15) is 9.18 Å². The molecule has 0 amide bonds. The van der Waals surface area contributed by atoms with Gasteiger partial charge < -0.3 is 9.64 Å². The van der Waals surface area contributed by atoms with Crippen molar-refractivity contribution in [2.75, 3.05) is 20.1 Å². The Morgan fingerprint density at radius 2 is 1.79 bits per heavy atom. The Kier molecular flexibility index (Phi) is 7.00. The van der Waals surface area contributed by atoms with Gasteiger partial charge in [0, 0.05) is 11.9 Å². The number of carbonyl (C=O) groups excluding carboxylic acids is 1. The summed E-state index contributed by atoms with van der Waals surface area (Å²) in [7, 11) is 7.93. The molecule has 1 fully saturated rings. The Hall–Kier alpha value is -2.14. The van der Waals surface area contributed by atoms with Crippen LogP contribution in [-0.4, -0.2) is 38.9 Å². The van der Waals surface area contributed by atoms with Crippen molar-refractivity contribution in [1.29, 1.82) is 0 Å². The number of halogens is 1. The second-order valence-electron chi connectivity index (χ2n) is 5.78. The van der Waals surface area contributed by atoms with E-state index in [1.807, 2.05) is 6.07 Å². The highest BCUT2D eigenvalue weighted by Crippen LogP contribution is 2.17. The van der Waals surface area contributed by atoms with E-state index in [-0.39, 0.29) is 5.75 Å². The molecule has 2 aromatic carbocycles. The minimum atomic E-state index is -0.880. The molecule has 124 valence electrons. The standard InChI is InChI=1S/C14H10BFO2.C5H11N/c15-13(10-5-2-1-3-6-10)14(17)18-12-8-4-7-11(16)9-12;1-6-4-2-3-5-6/h1-9,13H;2-5H2,1H3/t13-;/m1./s1. The van der Waals surface area contributed by atoms with Gasteiger partial charge in [0.2, 0.25) is 0 Å². The topological polar surface area (TPSA) is 29.5 Å². The van der Waals surface area contributed by atoms with Crippen molar-refractivity contribution in [3.8, 4) is 5.75 Å². The molecule has 0 saturated carbocycles. The second-order valence-corrected chi connectivity index (χ2v) is 5.78. The van der Waals surface area contributed by atoms with Crippen molar-refractivity contribution in [1.82, 2.24) is 4.90 Å². The van der Waals surface area contributed by atoms with Gasteiger partial charge in [0.05, 0.1) is 7.85 Å². The van der Waals surface area contributed by atoms with Gasteiger partial charge in [-0.05, 0) is 50.7 Å². The molecule has 3 nitrogen and oxygen atoms in total. The lowest BCUT2D eigenvalue weighted by molar-refractivity contribution is -0.134. The van der Waals surface area contributed by atoms with Crippen LogP contribution in [0, 0.1) is 5.82 Å². The van der Waals surface area contributed by atoms with Gasteiger partial charge in [-0.1, -0.05) is 36.4 Å². The molecule has 0 N–H and O–H groups in total. The molecule has 1 heterocycles. The van der Waals surface area contributed by atoms with E-state index in [4.69, 9.17) is 12.6 Å². The van der Waals surface area contributed by atoms with E-state index in [0.717, 1.165) is 6.07 Å². The molecule has 5 heteroatoms. The molecule has 24 heavy (non-hydrogen) atoms.